The predicted molar refractivity (Wildman–Crippen MR) is 119 cm³/mol. The van der Waals surface area contributed by atoms with Crippen LogP contribution in [0.25, 0.3) is 0 Å². The maximum Gasteiger partial charge on any atom is 0.251 e. The van der Waals surface area contributed by atoms with Crippen LogP contribution in [0.15, 0.2) is 36.4 Å². The highest BCUT2D eigenvalue weighted by Gasteiger charge is 2.16. The predicted octanol–water partition coefficient (Wildman–Crippen LogP) is 3.81. The molecule has 0 radical (unpaired) electrons. The Labute approximate surface area is 174 Å². The van der Waals surface area contributed by atoms with Crippen LogP contribution in [0, 0.1) is 6.92 Å². The Hall–Kier alpha value is -2.53. The number of methoxy groups -OCH3 is 1. The number of nitrogens with zero attached hydrogens (tertiary/aromatic N) is 2. The minimum absolute atomic E-state index is 0.0461. The van der Waals surface area contributed by atoms with E-state index in [2.05, 4.69) is 60.3 Å². The molecule has 0 aromatic heterocycles. The average molecular weight is 396 g/mol. The molecule has 0 aliphatic carbocycles. The number of ether oxygens (including phenoxy) is 1. The number of aryl methyl sites for hydroxylation is 1. The Morgan fingerprint density at radius 3 is 2.34 bits per heavy atom. The van der Waals surface area contributed by atoms with Crippen molar-refractivity contribution >= 4 is 11.6 Å². The summed E-state index contributed by atoms with van der Waals surface area (Å²) < 4.78 is 5.48. The fraction of sp³-hybridized carbons (Fsp3) is 0.458. The Morgan fingerprint density at radius 1 is 1.10 bits per heavy atom. The number of hydrogen-bond acceptors (Lipinski definition) is 4. The van der Waals surface area contributed by atoms with E-state index < -0.39 is 0 Å². The molecule has 0 spiro atoms. The number of benzene rings is 2. The zero-order valence-electron chi connectivity index (χ0n) is 18.3. The first-order chi connectivity index (χ1) is 13.9. The normalized spacial score (nSPS) is 14.9. The van der Waals surface area contributed by atoms with E-state index >= 15 is 0 Å². The van der Waals surface area contributed by atoms with Gasteiger partial charge in [0.1, 0.15) is 5.75 Å². The number of nitrogens with one attached hydrogen (secondary N) is 1. The summed E-state index contributed by atoms with van der Waals surface area (Å²) in [7, 11) is 3.84. The Bertz CT molecular complexity index is 838. The van der Waals surface area contributed by atoms with Gasteiger partial charge in [-0.1, -0.05) is 26.0 Å². The van der Waals surface area contributed by atoms with E-state index in [0.717, 1.165) is 48.6 Å². The van der Waals surface area contributed by atoms with Gasteiger partial charge in [-0.15, -0.1) is 0 Å². The molecule has 1 heterocycles. The molecule has 0 atom stereocenters. The summed E-state index contributed by atoms with van der Waals surface area (Å²) in [5.41, 5.74) is 5.05. The van der Waals surface area contributed by atoms with Gasteiger partial charge in [-0.3, -0.25) is 4.79 Å². The SMILES string of the molecule is COc1cc(C)c(C(=O)NCc2ccc(N3CCN(C)CC3)cc2)cc1C(C)C. The lowest BCUT2D eigenvalue weighted by Gasteiger charge is -2.34. The third-order valence-corrected chi connectivity index (χ3v) is 5.70. The minimum atomic E-state index is -0.0461. The number of carbonyl (C=O) groups excluding carboxylic acids is 1. The van der Waals surface area contributed by atoms with Gasteiger partial charge in [-0.2, -0.15) is 0 Å². The fourth-order valence-corrected chi connectivity index (χ4v) is 3.74. The summed E-state index contributed by atoms with van der Waals surface area (Å²) >= 11 is 0. The van der Waals surface area contributed by atoms with Crippen LogP contribution in [0.4, 0.5) is 5.69 Å². The molecular weight excluding hydrogens is 362 g/mol. The second-order valence-electron chi connectivity index (χ2n) is 8.20. The van der Waals surface area contributed by atoms with Crippen molar-refractivity contribution < 1.29 is 9.53 Å². The number of hydrogen-bond donors (Lipinski definition) is 1. The Balaban J connectivity index is 1.64. The molecule has 1 aliphatic rings. The number of rotatable bonds is 6. The van der Waals surface area contributed by atoms with Gasteiger partial charge >= 0.3 is 0 Å². The van der Waals surface area contributed by atoms with Crippen LogP contribution < -0.4 is 15.0 Å². The Morgan fingerprint density at radius 2 is 1.76 bits per heavy atom. The number of anilines is 1. The van der Waals surface area contributed by atoms with Crippen LogP contribution in [0.1, 0.15) is 46.8 Å². The average Bonchev–Trinajstić information content (AvgIpc) is 2.72. The van der Waals surface area contributed by atoms with Gasteiger partial charge < -0.3 is 19.9 Å². The molecule has 1 amide bonds. The van der Waals surface area contributed by atoms with Crippen molar-refractivity contribution in [2.45, 2.75) is 33.2 Å². The molecular formula is C24H33N3O2. The molecule has 1 N–H and O–H groups in total. The largest absolute Gasteiger partial charge is 0.496 e. The number of likely N-dealkylation sites (N-methyl/N-ethyl adjacent to an activating group) is 1. The first kappa shape index (κ1) is 21.2. The lowest BCUT2D eigenvalue weighted by molar-refractivity contribution is 0.0950. The van der Waals surface area contributed by atoms with Gasteiger partial charge in [0.05, 0.1) is 7.11 Å². The molecule has 1 saturated heterocycles. The van der Waals surface area contributed by atoms with Crippen LogP contribution in [0.2, 0.25) is 0 Å². The summed E-state index contributed by atoms with van der Waals surface area (Å²) in [6.45, 7) is 11.0. The van der Waals surface area contributed by atoms with Gasteiger partial charge in [0.15, 0.2) is 0 Å². The van der Waals surface area contributed by atoms with E-state index in [4.69, 9.17) is 4.74 Å². The molecule has 5 heteroatoms. The monoisotopic (exact) mass is 395 g/mol. The van der Waals surface area contributed by atoms with Gasteiger partial charge in [0.25, 0.3) is 5.91 Å². The molecule has 0 unspecified atom stereocenters. The molecule has 5 nitrogen and oxygen atoms in total. The third kappa shape index (κ3) is 5.10. The Kier molecular flexibility index (Phi) is 6.80. The van der Waals surface area contributed by atoms with Gasteiger partial charge in [-0.25, -0.2) is 0 Å². The zero-order valence-corrected chi connectivity index (χ0v) is 18.3. The molecule has 1 aliphatic heterocycles. The van der Waals surface area contributed by atoms with Crippen molar-refractivity contribution in [3.8, 4) is 5.75 Å². The first-order valence-corrected chi connectivity index (χ1v) is 10.4. The number of amides is 1. The molecule has 0 saturated carbocycles. The molecule has 29 heavy (non-hydrogen) atoms. The van der Waals surface area contributed by atoms with E-state index in [1.807, 2.05) is 19.1 Å². The topological polar surface area (TPSA) is 44.8 Å². The maximum absolute atomic E-state index is 12.8. The number of carbonyl (C=O) groups is 1. The molecule has 2 aromatic rings. The van der Waals surface area contributed by atoms with Crippen molar-refractivity contribution in [3.05, 3.63) is 58.7 Å². The molecule has 156 valence electrons. The van der Waals surface area contributed by atoms with E-state index in [1.54, 1.807) is 7.11 Å². The van der Waals surface area contributed by atoms with E-state index in [1.165, 1.54) is 5.69 Å². The molecule has 1 fully saturated rings. The van der Waals surface area contributed by atoms with Crippen LogP contribution in [0.5, 0.6) is 5.75 Å². The van der Waals surface area contributed by atoms with E-state index in [-0.39, 0.29) is 5.91 Å². The van der Waals surface area contributed by atoms with E-state index in [0.29, 0.717) is 18.0 Å². The van der Waals surface area contributed by atoms with Gasteiger partial charge in [0, 0.05) is 44.0 Å². The summed E-state index contributed by atoms with van der Waals surface area (Å²) in [4.78, 5) is 17.6. The molecule has 0 bridgehead atoms. The summed E-state index contributed by atoms with van der Waals surface area (Å²) in [5, 5.41) is 3.06. The smallest absolute Gasteiger partial charge is 0.251 e. The second-order valence-corrected chi connectivity index (χ2v) is 8.20. The maximum atomic E-state index is 12.8. The van der Waals surface area contributed by atoms with Gasteiger partial charge in [0.2, 0.25) is 0 Å². The second kappa shape index (κ2) is 9.31. The number of piperazine rings is 1. The highest BCUT2D eigenvalue weighted by atomic mass is 16.5. The highest BCUT2D eigenvalue weighted by Crippen LogP contribution is 2.29. The zero-order chi connectivity index (χ0) is 21.0. The third-order valence-electron chi connectivity index (χ3n) is 5.70. The van der Waals surface area contributed by atoms with Crippen LogP contribution in [-0.2, 0) is 6.54 Å². The standard InChI is InChI=1S/C24H33N3O2/c1-17(2)21-15-22(18(3)14-23(21)29-5)24(28)25-16-19-6-8-20(9-7-19)27-12-10-26(4)11-13-27/h6-9,14-15,17H,10-13,16H2,1-5H3,(H,25,28). The van der Waals surface area contributed by atoms with Crippen molar-refractivity contribution in [3.63, 3.8) is 0 Å². The van der Waals surface area contributed by atoms with Crippen molar-refractivity contribution in [2.75, 3.05) is 45.2 Å². The van der Waals surface area contributed by atoms with E-state index in [9.17, 15) is 4.79 Å². The van der Waals surface area contributed by atoms with Gasteiger partial charge in [-0.05, 0) is 60.8 Å². The summed E-state index contributed by atoms with van der Waals surface area (Å²) in [5.74, 6) is 1.09. The van der Waals surface area contributed by atoms with Crippen molar-refractivity contribution in [2.24, 2.45) is 0 Å². The lowest BCUT2D eigenvalue weighted by Crippen LogP contribution is -2.44. The molecule has 2 aromatic carbocycles. The first-order valence-electron chi connectivity index (χ1n) is 10.4. The van der Waals surface area contributed by atoms with Crippen LogP contribution in [0.3, 0.4) is 0 Å². The van der Waals surface area contributed by atoms with Crippen LogP contribution >= 0.6 is 0 Å². The van der Waals surface area contributed by atoms with Crippen molar-refractivity contribution in [1.29, 1.82) is 0 Å². The summed E-state index contributed by atoms with van der Waals surface area (Å²) in [6.07, 6.45) is 0. The minimum Gasteiger partial charge on any atom is -0.496 e. The lowest BCUT2D eigenvalue weighted by atomic mass is 9.96. The van der Waals surface area contributed by atoms with Crippen molar-refractivity contribution in [1.82, 2.24) is 10.2 Å². The summed E-state index contributed by atoms with van der Waals surface area (Å²) in [6, 6.07) is 12.4. The highest BCUT2D eigenvalue weighted by molar-refractivity contribution is 5.96. The fourth-order valence-electron chi connectivity index (χ4n) is 3.74. The quantitative estimate of drug-likeness (QED) is 0.808. The van der Waals surface area contributed by atoms with Crippen LogP contribution in [-0.4, -0.2) is 51.1 Å². The molecule has 3 rings (SSSR count).